The minimum Gasteiger partial charge on any atom is -0.480 e. The Morgan fingerprint density at radius 2 is 1.24 bits per heavy atom. The molecule has 0 aromatic rings. The van der Waals surface area contributed by atoms with Gasteiger partial charge in [0.25, 0.3) is 0 Å². The van der Waals surface area contributed by atoms with E-state index in [1.165, 1.54) is 51.4 Å². The molecule has 0 aromatic heterocycles. The van der Waals surface area contributed by atoms with E-state index >= 15 is 0 Å². The molecule has 0 bridgehead atoms. The molecule has 1 atom stereocenters. The van der Waals surface area contributed by atoms with Gasteiger partial charge >= 0.3 is 5.97 Å². The van der Waals surface area contributed by atoms with Crippen molar-refractivity contribution >= 4 is 5.97 Å². The van der Waals surface area contributed by atoms with Crippen LogP contribution in [0.15, 0.2) is 0 Å². The van der Waals surface area contributed by atoms with Crippen molar-refractivity contribution in [2.45, 2.75) is 96.4 Å². The predicted molar refractivity (Wildman–Crippen MR) is 107 cm³/mol. The van der Waals surface area contributed by atoms with Crippen molar-refractivity contribution in [1.82, 2.24) is 4.90 Å². The van der Waals surface area contributed by atoms with Crippen molar-refractivity contribution < 1.29 is 9.90 Å². The average molecular weight is 358 g/mol. The number of carboxylic acids is 1. The minimum absolute atomic E-state index is 0.382. The second-order valence-corrected chi connectivity index (χ2v) is 7.15. The fraction of sp³-hybridized carbons (Fsp3) is 0.950. The molecule has 25 heavy (non-hydrogen) atoms. The van der Waals surface area contributed by atoms with E-state index in [0.29, 0.717) is 13.1 Å². The molecule has 0 fully saturated rings. The highest BCUT2D eigenvalue weighted by Crippen LogP contribution is 2.15. The lowest BCUT2D eigenvalue weighted by atomic mass is 10.0. The van der Waals surface area contributed by atoms with Crippen LogP contribution in [0.4, 0.5) is 0 Å². The van der Waals surface area contributed by atoms with Gasteiger partial charge in [0.05, 0.1) is 0 Å². The SMILES string of the molecule is CCCCCCCCCCCCC(C(=O)O)N(CCCN)CCCN. The number of nitrogens with zero attached hydrogens (tertiary/aromatic N) is 1. The molecule has 5 N–H and O–H groups in total. The van der Waals surface area contributed by atoms with Crippen LogP contribution in [0.5, 0.6) is 0 Å². The molecule has 0 aliphatic heterocycles. The molecular formula is C20H43N3O2. The number of unbranched alkanes of at least 4 members (excludes halogenated alkanes) is 9. The van der Waals surface area contributed by atoms with Crippen LogP contribution in [-0.4, -0.2) is 48.2 Å². The minimum atomic E-state index is -0.704. The van der Waals surface area contributed by atoms with Crippen LogP contribution in [0.2, 0.25) is 0 Å². The second-order valence-electron chi connectivity index (χ2n) is 7.15. The first-order valence-electron chi connectivity index (χ1n) is 10.5. The van der Waals surface area contributed by atoms with Crippen LogP contribution in [0, 0.1) is 0 Å². The quantitative estimate of drug-likeness (QED) is 0.306. The molecule has 0 aromatic carbocycles. The maximum Gasteiger partial charge on any atom is 0.320 e. The molecule has 0 rings (SSSR count). The van der Waals surface area contributed by atoms with Crippen LogP contribution in [0.25, 0.3) is 0 Å². The first-order chi connectivity index (χ1) is 12.2. The van der Waals surface area contributed by atoms with Crippen LogP contribution in [-0.2, 0) is 4.79 Å². The summed E-state index contributed by atoms with van der Waals surface area (Å²) in [6.07, 6.45) is 15.1. The van der Waals surface area contributed by atoms with E-state index in [9.17, 15) is 9.90 Å². The zero-order valence-corrected chi connectivity index (χ0v) is 16.6. The zero-order chi connectivity index (χ0) is 18.8. The number of aliphatic carboxylic acids is 1. The van der Waals surface area contributed by atoms with E-state index < -0.39 is 5.97 Å². The van der Waals surface area contributed by atoms with Gasteiger partial charge in [-0.3, -0.25) is 9.69 Å². The van der Waals surface area contributed by atoms with Gasteiger partial charge in [-0.25, -0.2) is 0 Å². The van der Waals surface area contributed by atoms with Crippen LogP contribution >= 0.6 is 0 Å². The summed E-state index contributed by atoms with van der Waals surface area (Å²) in [5, 5.41) is 9.58. The fourth-order valence-electron chi connectivity index (χ4n) is 3.30. The Balaban J connectivity index is 3.94. The van der Waals surface area contributed by atoms with E-state index in [1.807, 2.05) is 0 Å². The molecule has 1 unspecified atom stereocenters. The van der Waals surface area contributed by atoms with Crippen molar-refractivity contribution in [3.63, 3.8) is 0 Å². The lowest BCUT2D eigenvalue weighted by Gasteiger charge is -2.28. The van der Waals surface area contributed by atoms with Gasteiger partial charge in [-0.2, -0.15) is 0 Å². The summed E-state index contributed by atoms with van der Waals surface area (Å²) in [5.74, 6) is -0.704. The van der Waals surface area contributed by atoms with Gasteiger partial charge in [-0.1, -0.05) is 71.1 Å². The number of carboxylic acid groups (broad SMARTS) is 1. The van der Waals surface area contributed by atoms with Crippen LogP contribution < -0.4 is 11.5 Å². The van der Waals surface area contributed by atoms with Gasteiger partial charge in [-0.15, -0.1) is 0 Å². The Morgan fingerprint density at radius 1 is 0.800 bits per heavy atom. The first-order valence-corrected chi connectivity index (χ1v) is 10.5. The van der Waals surface area contributed by atoms with Gasteiger partial charge in [0.2, 0.25) is 0 Å². The van der Waals surface area contributed by atoms with Crippen LogP contribution in [0.3, 0.4) is 0 Å². The molecule has 0 heterocycles. The van der Waals surface area contributed by atoms with Crippen molar-refractivity contribution in [1.29, 1.82) is 0 Å². The zero-order valence-electron chi connectivity index (χ0n) is 16.6. The van der Waals surface area contributed by atoms with Crippen molar-refractivity contribution in [3.8, 4) is 0 Å². The van der Waals surface area contributed by atoms with Crippen molar-refractivity contribution in [2.24, 2.45) is 11.5 Å². The first kappa shape index (κ1) is 24.4. The monoisotopic (exact) mass is 357 g/mol. The maximum absolute atomic E-state index is 11.7. The molecular weight excluding hydrogens is 314 g/mol. The Labute approximate surface area is 155 Å². The third kappa shape index (κ3) is 14.2. The average Bonchev–Trinajstić information content (AvgIpc) is 2.60. The van der Waals surface area contributed by atoms with E-state index in [-0.39, 0.29) is 6.04 Å². The molecule has 0 spiro atoms. The molecule has 0 amide bonds. The van der Waals surface area contributed by atoms with E-state index in [0.717, 1.165) is 45.2 Å². The van der Waals surface area contributed by atoms with E-state index in [1.54, 1.807) is 0 Å². The number of carbonyl (C=O) groups is 1. The predicted octanol–water partition coefficient (Wildman–Crippen LogP) is 3.75. The molecule has 0 aliphatic rings. The number of hydrogen-bond acceptors (Lipinski definition) is 4. The summed E-state index contributed by atoms with van der Waals surface area (Å²) in [5.41, 5.74) is 11.2. The Morgan fingerprint density at radius 3 is 1.64 bits per heavy atom. The normalized spacial score (nSPS) is 12.6. The Hall–Kier alpha value is -0.650. The summed E-state index contributed by atoms with van der Waals surface area (Å²) in [7, 11) is 0. The van der Waals surface area contributed by atoms with Crippen molar-refractivity contribution in [2.75, 3.05) is 26.2 Å². The van der Waals surface area contributed by atoms with E-state index in [4.69, 9.17) is 11.5 Å². The molecule has 0 saturated carbocycles. The fourth-order valence-corrected chi connectivity index (χ4v) is 3.30. The molecule has 0 aliphatic carbocycles. The molecule has 0 saturated heterocycles. The van der Waals surface area contributed by atoms with Gasteiger partial charge < -0.3 is 16.6 Å². The number of rotatable bonds is 19. The molecule has 0 radical (unpaired) electrons. The summed E-state index contributed by atoms with van der Waals surface area (Å²) < 4.78 is 0. The molecule has 5 nitrogen and oxygen atoms in total. The highest BCUT2D eigenvalue weighted by atomic mass is 16.4. The third-order valence-electron chi connectivity index (χ3n) is 4.86. The summed E-state index contributed by atoms with van der Waals surface area (Å²) in [6, 6.07) is -0.382. The number of hydrogen-bond donors (Lipinski definition) is 3. The Kier molecular flexibility index (Phi) is 17.7. The summed E-state index contributed by atoms with van der Waals surface area (Å²) in [6.45, 7) is 4.96. The highest BCUT2D eigenvalue weighted by Gasteiger charge is 2.24. The van der Waals surface area contributed by atoms with Gasteiger partial charge in [0, 0.05) is 13.1 Å². The van der Waals surface area contributed by atoms with Crippen molar-refractivity contribution in [3.05, 3.63) is 0 Å². The standard InChI is InChI=1S/C20H43N3O2/c1-2-3-4-5-6-7-8-9-10-11-14-19(20(24)25)23(17-12-15-21)18-13-16-22/h19H,2-18,21-22H2,1H3,(H,24,25). The van der Waals surface area contributed by atoms with Gasteiger partial charge in [0.15, 0.2) is 0 Å². The topological polar surface area (TPSA) is 92.6 Å². The lowest BCUT2D eigenvalue weighted by molar-refractivity contribution is -0.143. The third-order valence-corrected chi connectivity index (χ3v) is 4.86. The van der Waals surface area contributed by atoms with E-state index in [2.05, 4.69) is 11.8 Å². The summed E-state index contributed by atoms with van der Waals surface area (Å²) >= 11 is 0. The lowest BCUT2D eigenvalue weighted by Crippen LogP contribution is -2.43. The van der Waals surface area contributed by atoms with Gasteiger partial charge in [0.1, 0.15) is 6.04 Å². The largest absolute Gasteiger partial charge is 0.480 e. The molecule has 5 heteroatoms. The maximum atomic E-state index is 11.7. The smallest absolute Gasteiger partial charge is 0.320 e. The van der Waals surface area contributed by atoms with Gasteiger partial charge in [-0.05, 0) is 32.4 Å². The highest BCUT2D eigenvalue weighted by molar-refractivity contribution is 5.73. The van der Waals surface area contributed by atoms with Crippen LogP contribution in [0.1, 0.15) is 90.4 Å². The number of nitrogens with two attached hydrogens (primary N) is 2. The molecule has 150 valence electrons. The summed E-state index contributed by atoms with van der Waals surface area (Å²) in [4.78, 5) is 13.7. The Bertz CT molecular complexity index is 293. The second kappa shape index (κ2) is 18.2.